The number of ether oxygens (including phenoxy) is 1. The van der Waals surface area contributed by atoms with Crippen LogP contribution in [0.4, 0.5) is 0 Å². The van der Waals surface area contributed by atoms with Crippen molar-refractivity contribution < 1.29 is 9.53 Å². The Labute approximate surface area is 90.6 Å². The van der Waals surface area contributed by atoms with Gasteiger partial charge in [0.1, 0.15) is 5.75 Å². The Kier molecular flexibility index (Phi) is 4.10. The molecule has 80 valence electrons. The van der Waals surface area contributed by atoms with Gasteiger partial charge >= 0.3 is 0 Å². The molecule has 0 atom stereocenters. The largest absolute Gasteiger partial charge is 0.497 e. The second-order valence-electron chi connectivity index (χ2n) is 3.55. The molecule has 1 aromatic carbocycles. The van der Waals surface area contributed by atoms with Crippen LogP contribution in [0.2, 0.25) is 0 Å². The number of benzene rings is 1. The van der Waals surface area contributed by atoms with Crippen LogP contribution >= 0.6 is 0 Å². The lowest BCUT2D eigenvalue weighted by Crippen LogP contribution is -2.00. The maximum absolute atomic E-state index is 11.3. The Bertz CT molecular complexity index is 349. The molecule has 0 aliphatic carbocycles. The van der Waals surface area contributed by atoms with Crippen LogP contribution in [0.1, 0.15) is 18.9 Å². The minimum absolute atomic E-state index is 0.130. The van der Waals surface area contributed by atoms with E-state index in [0.717, 1.165) is 17.7 Å². The van der Waals surface area contributed by atoms with Crippen LogP contribution < -0.4 is 4.74 Å². The molecule has 0 radical (unpaired) electrons. The number of hydrogen-bond acceptors (Lipinski definition) is 2. The maximum atomic E-state index is 11.3. The molecule has 0 aromatic heterocycles. The van der Waals surface area contributed by atoms with E-state index in [0.29, 0.717) is 12.0 Å². The van der Waals surface area contributed by atoms with Gasteiger partial charge in [-0.25, -0.2) is 0 Å². The third kappa shape index (κ3) is 3.58. The van der Waals surface area contributed by atoms with E-state index in [1.165, 1.54) is 0 Å². The zero-order chi connectivity index (χ0) is 11.3. The molecule has 0 heterocycles. The molecule has 2 heteroatoms. The van der Waals surface area contributed by atoms with Gasteiger partial charge in [0, 0.05) is 6.42 Å². The van der Waals surface area contributed by atoms with E-state index in [1.54, 1.807) is 14.0 Å². The van der Waals surface area contributed by atoms with Gasteiger partial charge in [-0.05, 0) is 36.6 Å². The summed E-state index contributed by atoms with van der Waals surface area (Å²) in [6, 6.07) is 7.76. The zero-order valence-electron chi connectivity index (χ0n) is 9.25. The van der Waals surface area contributed by atoms with E-state index in [1.807, 2.05) is 24.3 Å². The molecule has 1 aromatic rings. The van der Waals surface area contributed by atoms with E-state index >= 15 is 0 Å². The third-order valence-electron chi connectivity index (χ3n) is 2.28. The molecule has 0 spiro atoms. The quantitative estimate of drug-likeness (QED) is 0.689. The molecule has 0 N–H and O–H groups in total. The molecule has 0 aliphatic heterocycles. The van der Waals surface area contributed by atoms with Crippen molar-refractivity contribution in [3.8, 4) is 5.75 Å². The summed E-state index contributed by atoms with van der Waals surface area (Å²) in [5.74, 6) is 0.968. The first-order valence-electron chi connectivity index (χ1n) is 4.95. The molecule has 15 heavy (non-hydrogen) atoms. The molecule has 0 amide bonds. The molecule has 0 unspecified atom stereocenters. The van der Waals surface area contributed by atoms with E-state index in [2.05, 4.69) is 6.58 Å². The zero-order valence-corrected chi connectivity index (χ0v) is 9.25. The summed E-state index contributed by atoms with van der Waals surface area (Å²) in [5, 5.41) is 0. The predicted molar refractivity (Wildman–Crippen MR) is 61.1 cm³/mol. The first kappa shape index (κ1) is 11.5. The summed E-state index contributed by atoms with van der Waals surface area (Å²) < 4.78 is 5.05. The van der Waals surface area contributed by atoms with Gasteiger partial charge in [0.15, 0.2) is 5.78 Å². The van der Waals surface area contributed by atoms with Crippen molar-refractivity contribution in [2.24, 2.45) is 0 Å². The number of Topliss-reactive ketones (excluding diaryl/α,β-unsaturated/α-hetero) is 1. The van der Waals surface area contributed by atoms with Crippen molar-refractivity contribution in [1.82, 2.24) is 0 Å². The highest BCUT2D eigenvalue weighted by molar-refractivity contribution is 5.94. The summed E-state index contributed by atoms with van der Waals surface area (Å²) in [4.78, 5) is 11.3. The van der Waals surface area contributed by atoms with Crippen LogP contribution in [0.25, 0.3) is 0 Å². The van der Waals surface area contributed by atoms with Crippen molar-refractivity contribution in [3.05, 3.63) is 42.0 Å². The van der Waals surface area contributed by atoms with E-state index < -0.39 is 0 Å². The Morgan fingerprint density at radius 1 is 1.33 bits per heavy atom. The van der Waals surface area contributed by atoms with E-state index in [-0.39, 0.29) is 5.78 Å². The van der Waals surface area contributed by atoms with Gasteiger partial charge in [-0.15, -0.1) is 0 Å². The second-order valence-corrected chi connectivity index (χ2v) is 3.55. The average molecular weight is 204 g/mol. The van der Waals surface area contributed by atoms with Crippen LogP contribution in [0.15, 0.2) is 36.4 Å². The Hall–Kier alpha value is -1.57. The van der Waals surface area contributed by atoms with Crippen LogP contribution in [0.5, 0.6) is 5.75 Å². The number of aryl methyl sites for hydroxylation is 1. The molecule has 0 aliphatic rings. The molecular weight excluding hydrogens is 188 g/mol. The number of allylic oxidation sites excluding steroid dienone is 1. The summed E-state index contributed by atoms with van der Waals surface area (Å²) in [6.45, 7) is 5.37. The minimum Gasteiger partial charge on any atom is -0.497 e. The maximum Gasteiger partial charge on any atom is 0.158 e. The fourth-order valence-corrected chi connectivity index (χ4v) is 1.26. The van der Waals surface area contributed by atoms with Gasteiger partial charge in [0.25, 0.3) is 0 Å². The number of hydrogen-bond donors (Lipinski definition) is 0. The highest BCUT2D eigenvalue weighted by Crippen LogP contribution is 2.13. The van der Waals surface area contributed by atoms with Gasteiger partial charge in [-0.3, -0.25) is 4.79 Å². The normalized spacial score (nSPS) is 9.73. The number of rotatable bonds is 5. The van der Waals surface area contributed by atoms with Gasteiger partial charge in [0.2, 0.25) is 0 Å². The van der Waals surface area contributed by atoms with Crippen LogP contribution in [-0.2, 0) is 11.2 Å². The molecule has 0 saturated heterocycles. The monoisotopic (exact) mass is 204 g/mol. The highest BCUT2D eigenvalue weighted by atomic mass is 16.5. The molecule has 0 saturated carbocycles. The van der Waals surface area contributed by atoms with Crippen molar-refractivity contribution in [2.75, 3.05) is 7.11 Å². The van der Waals surface area contributed by atoms with Gasteiger partial charge < -0.3 is 4.74 Å². The van der Waals surface area contributed by atoms with Crippen molar-refractivity contribution in [1.29, 1.82) is 0 Å². The number of carbonyl (C=O) groups is 1. The lowest BCUT2D eigenvalue weighted by atomic mass is 10.0. The molecule has 2 nitrogen and oxygen atoms in total. The Morgan fingerprint density at radius 2 is 1.93 bits per heavy atom. The van der Waals surface area contributed by atoms with Crippen LogP contribution in [0, 0.1) is 0 Å². The van der Waals surface area contributed by atoms with E-state index in [4.69, 9.17) is 4.74 Å². The highest BCUT2D eigenvalue weighted by Gasteiger charge is 2.02. The number of ketones is 1. The number of methoxy groups -OCH3 is 1. The fraction of sp³-hybridized carbons (Fsp3) is 0.308. The summed E-state index contributed by atoms with van der Waals surface area (Å²) in [7, 11) is 1.64. The topological polar surface area (TPSA) is 26.3 Å². The average Bonchev–Trinajstić information content (AvgIpc) is 2.26. The summed E-state index contributed by atoms with van der Waals surface area (Å²) >= 11 is 0. The van der Waals surface area contributed by atoms with Gasteiger partial charge in [-0.1, -0.05) is 18.7 Å². The first-order valence-corrected chi connectivity index (χ1v) is 4.95. The van der Waals surface area contributed by atoms with Crippen molar-refractivity contribution in [2.45, 2.75) is 19.8 Å². The van der Waals surface area contributed by atoms with Crippen molar-refractivity contribution >= 4 is 5.78 Å². The van der Waals surface area contributed by atoms with Crippen molar-refractivity contribution in [3.63, 3.8) is 0 Å². The summed E-state index contributed by atoms with van der Waals surface area (Å²) in [6.07, 6.45) is 1.29. The Morgan fingerprint density at radius 3 is 2.40 bits per heavy atom. The smallest absolute Gasteiger partial charge is 0.158 e. The Balaban J connectivity index is 2.51. The molecule has 0 bridgehead atoms. The van der Waals surface area contributed by atoms with Crippen LogP contribution in [-0.4, -0.2) is 12.9 Å². The molecule has 1 rings (SSSR count). The minimum atomic E-state index is 0.130. The number of carbonyl (C=O) groups excluding carboxylic acids is 1. The third-order valence-corrected chi connectivity index (χ3v) is 2.28. The fourth-order valence-electron chi connectivity index (χ4n) is 1.26. The standard InChI is InChI=1S/C13H16O2/c1-10(2)13(14)9-6-11-4-7-12(15-3)8-5-11/h4-5,7-8H,1,6,9H2,2-3H3. The molecule has 0 fully saturated rings. The first-order chi connectivity index (χ1) is 7.13. The molecular formula is C13H16O2. The van der Waals surface area contributed by atoms with E-state index in [9.17, 15) is 4.79 Å². The SMILES string of the molecule is C=C(C)C(=O)CCc1ccc(OC)cc1. The lowest BCUT2D eigenvalue weighted by Gasteiger charge is -2.03. The lowest BCUT2D eigenvalue weighted by molar-refractivity contribution is -0.115. The predicted octanol–water partition coefficient (Wildman–Crippen LogP) is 2.77. The van der Waals surface area contributed by atoms with Crippen LogP contribution in [0.3, 0.4) is 0 Å². The second kappa shape index (κ2) is 5.35. The van der Waals surface area contributed by atoms with Gasteiger partial charge in [-0.2, -0.15) is 0 Å². The summed E-state index contributed by atoms with van der Waals surface area (Å²) in [5.41, 5.74) is 1.77. The van der Waals surface area contributed by atoms with Gasteiger partial charge in [0.05, 0.1) is 7.11 Å².